The molecule has 9 heteroatoms. The van der Waals surface area contributed by atoms with E-state index in [1.54, 1.807) is 4.90 Å². The minimum absolute atomic E-state index is 0.164. The number of likely N-dealkylation sites (tertiary alicyclic amines) is 1. The number of nitrogens with two attached hydrogens (primary N) is 1. The number of nitrogens with zero attached hydrogens (tertiary/aromatic N) is 2. The normalized spacial score (nSPS) is 30.8. The van der Waals surface area contributed by atoms with Crippen LogP contribution < -0.4 is 16.4 Å². The molecule has 4 aliphatic heterocycles. The van der Waals surface area contributed by atoms with Gasteiger partial charge in [0.05, 0.1) is 5.41 Å². The molecular weight excluding hydrogens is 398 g/mol. The molecule has 0 aromatic heterocycles. The lowest BCUT2D eigenvalue weighted by Gasteiger charge is -2.36. The monoisotopic (exact) mass is 425 g/mol. The quantitative estimate of drug-likeness (QED) is 0.551. The molecule has 164 valence electrons. The SMILES string of the molecule is NC(=O)C12CNCCC1CN(Cc1cccc3c1C(=O)N(C1CCC(=O)NC1=O)C3)C2. The molecule has 1 aromatic carbocycles. The summed E-state index contributed by atoms with van der Waals surface area (Å²) >= 11 is 0. The molecule has 3 atom stereocenters. The van der Waals surface area contributed by atoms with Crippen molar-refractivity contribution < 1.29 is 19.2 Å². The standard InChI is InChI=1S/C22H27N5O4/c23-21(31)22-11-24-7-6-15(22)10-26(12-22)8-13-2-1-3-14-9-27(20(30)18(13)14)16-4-5-17(28)25-19(16)29/h1-3,15-16,24H,4-12H2,(H2,23,31)(H,25,28,29). The van der Waals surface area contributed by atoms with Crippen LogP contribution in [0.4, 0.5) is 0 Å². The van der Waals surface area contributed by atoms with E-state index in [4.69, 9.17) is 5.73 Å². The fourth-order valence-corrected chi connectivity index (χ4v) is 5.78. The van der Waals surface area contributed by atoms with E-state index in [9.17, 15) is 19.2 Å². The molecule has 0 aliphatic carbocycles. The molecule has 3 saturated heterocycles. The molecule has 3 unspecified atom stereocenters. The van der Waals surface area contributed by atoms with Crippen LogP contribution in [0, 0.1) is 11.3 Å². The maximum atomic E-state index is 13.3. The second-order valence-electron chi connectivity index (χ2n) is 9.20. The first kappa shape index (κ1) is 20.1. The highest BCUT2D eigenvalue weighted by Crippen LogP contribution is 2.41. The minimum Gasteiger partial charge on any atom is -0.369 e. The zero-order chi connectivity index (χ0) is 21.8. The zero-order valence-electron chi connectivity index (χ0n) is 17.4. The molecule has 5 rings (SSSR count). The van der Waals surface area contributed by atoms with Gasteiger partial charge in [-0.2, -0.15) is 0 Å². The maximum Gasteiger partial charge on any atom is 0.255 e. The van der Waals surface area contributed by atoms with Gasteiger partial charge >= 0.3 is 0 Å². The van der Waals surface area contributed by atoms with Crippen molar-refractivity contribution in [2.24, 2.45) is 17.1 Å². The van der Waals surface area contributed by atoms with E-state index in [1.807, 2.05) is 18.2 Å². The minimum atomic E-state index is -0.621. The fourth-order valence-electron chi connectivity index (χ4n) is 5.78. The molecule has 4 amide bonds. The summed E-state index contributed by atoms with van der Waals surface area (Å²) in [6.07, 6.45) is 1.50. The molecule has 0 saturated carbocycles. The number of hydrogen-bond donors (Lipinski definition) is 3. The molecule has 4 heterocycles. The smallest absolute Gasteiger partial charge is 0.255 e. The Balaban J connectivity index is 1.37. The Morgan fingerprint density at radius 3 is 2.81 bits per heavy atom. The first-order valence-electron chi connectivity index (χ1n) is 10.9. The fraction of sp³-hybridized carbons (Fsp3) is 0.545. The van der Waals surface area contributed by atoms with Crippen molar-refractivity contribution in [1.82, 2.24) is 20.4 Å². The number of imide groups is 1. The van der Waals surface area contributed by atoms with Crippen molar-refractivity contribution >= 4 is 23.6 Å². The second-order valence-corrected chi connectivity index (χ2v) is 9.20. The van der Waals surface area contributed by atoms with Crippen LogP contribution in [0.5, 0.6) is 0 Å². The summed E-state index contributed by atoms with van der Waals surface area (Å²) in [6.45, 7) is 3.76. The van der Waals surface area contributed by atoms with Crippen molar-refractivity contribution in [3.05, 3.63) is 34.9 Å². The molecule has 0 radical (unpaired) electrons. The summed E-state index contributed by atoms with van der Waals surface area (Å²) in [5.74, 6) is -0.898. The molecular formula is C22H27N5O4. The van der Waals surface area contributed by atoms with Gasteiger partial charge in [0.25, 0.3) is 5.91 Å². The average molecular weight is 425 g/mol. The van der Waals surface area contributed by atoms with Crippen molar-refractivity contribution in [3.8, 4) is 0 Å². The lowest BCUT2D eigenvalue weighted by atomic mass is 9.73. The molecule has 31 heavy (non-hydrogen) atoms. The molecule has 9 nitrogen and oxygen atoms in total. The van der Waals surface area contributed by atoms with E-state index in [0.29, 0.717) is 38.2 Å². The summed E-state index contributed by atoms with van der Waals surface area (Å²) < 4.78 is 0. The third kappa shape index (κ3) is 3.23. The van der Waals surface area contributed by atoms with Crippen molar-refractivity contribution in [3.63, 3.8) is 0 Å². The number of hydrogen-bond acceptors (Lipinski definition) is 6. The number of nitrogens with one attached hydrogen (secondary N) is 2. The number of amides is 4. The Bertz CT molecular complexity index is 979. The van der Waals surface area contributed by atoms with Gasteiger partial charge in [-0.15, -0.1) is 0 Å². The Morgan fingerprint density at radius 2 is 2.06 bits per heavy atom. The largest absolute Gasteiger partial charge is 0.369 e. The van der Waals surface area contributed by atoms with Crippen molar-refractivity contribution in [2.75, 3.05) is 26.2 Å². The van der Waals surface area contributed by atoms with Gasteiger partial charge in [-0.25, -0.2) is 0 Å². The van der Waals surface area contributed by atoms with Crippen LogP contribution in [0.25, 0.3) is 0 Å². The first-order valence-corrected chi connectivity index (χ1v) is 10.9. The topological polar surface area (TPSA) is 125 Å². The molecule has 3 fully saturated rings. The second kappa shape index (κ2) is 7.42. The summed E-state index contributed by atoms with van der Waals surface area (Å²) in [5.41, 5.74) is 7.70. The van der Waals surface area contributed by atoms with Crippen molar-refractivity contribution in [2.45, 2.75) is 38.4 Å². The van der Waals surface area contributed by atoms with E-state index in [2.05, 4.69) is 15.5 Å². The molecule has 1 aromatic rings. The van der Waals surface area contributed by atoms with Crippen LogP contribution in [0.15, 0.2) is 18.2 Å². The number of carbonyl (C=O) groups is 4. The van der Waals surface area contributed by atoms with Gasteiger partial charge in [0, 0.05) is 44.7 Å². The molecule has 0 bridgehead atoms. The molecule has 0 spiro atoms. The third-order valence-corrected chi connectivity index (χ3v) is 7.40. The van der Waals surface area contributed by atoms with Gasteiger partial charge < -0.3 is 16.0 Å². The van der Waals surface area contributed by atoms with Crippen LogP contribution >= 0.6 is 0 Å². The van der Waals surface area contributed by atoms with E-state index >= 15 is 0 Å². The highest BCUT2D eigenvalue weighted by atomic mass is 16.2. The van der Waals surface area contributed by atoms with E-state index in [0.717, 1.165) is 30.6 Å². The lowest BCUT2D eigenvalue weighted by Crippen LogP contribution is -2.54. The number of benzene rings is 1. The van der Waals surface area contributed by atoms with Gasteiger partial charge in [0.2, 0.25) is 17.7 Å². The number of primary amides is 1. The zero-order valence-corrected chi connectivity index (χ0v) is 17.4. The van der Waals surface area contributed by atoms with Gasteiger partial charge in [-0.1, -0.05) is 18.2 Å². The number of rotatable bonds is 4. The predicted octanol–water partition coefficient (Wildman–Crippen LogP) is -0.656. The summed E-state index contributed by atoms with van der Waals surface area (Å²) in [6, 6.07) is 5.18. The van der Waals surface area contributed by atoms with Crippen LogP contribution in [0.3, 0.4) is 0 Å². The summed E-state index contributed by atoms with van der Waals surface area (Å²) in [7, 11) is 0. The highest BCUT2D eigenvalue weighted by Gasteiger charge is 2.52. The molecule has 4 aliphatic rings. The Labute approximate surface area is 180 Å². The first-order chi connectivity index (χ1) is 14.9. The summed E-state index contributed by atoms with van der Waals surface area (Å²) in [5, 5.41) is 5.65. The molecule has 4 N–H and O–H groups in total. The summed E-state index contributed by atoms with van der Waals surface area (Å²) in [4.78, 5) is 53.2. The number of piperidine rings is 2. The Hall–Kier alpha value is -2.78. The van der Waals surface area contributed by atoms with E-state index < -0.39 is 17.4 Å². The van der Waals surface area contributed by atoms with Crippen LogP contribution in [0.1, 0.15) is 40.7 Å². The predicted molar refractivity (Wildman–Crippen MR) is 110 cm³/mol. The van der Waals surface area contributed by atoms with Crippen LogP contribution in [-0.2, 0) is 27.5 Å². The van der Waals surface area contributed by atoms with Crippen LogP contribution in [0.2, 0.25) is 0 Å². The van der Waals surface area contributed by atoms with Gasteiger partial charge in [0.1, 0.15) is 6.04 Å². The lowest BCUT2D eigenvalue weighted by molar-refractivity contribution is -0.137. The number of fused-ring (bicyclic) bond motifs is 2. The van der Waals surface area contributed by atoms with E-state index in [1.165, 1.54) is 0 Å². The van der Waals surface area contributed by atoms with Gasteiger partial charge in [-0.05, 0) is 36.4 Å². The van der Waals surface area contributed by atoms with Gasteiger partial charge in [0.15, 0.2) is 0 Å². The highest BCUT2D eigenvalue weighted by molar-refractivity contribution is 6.06. The van der Waals surface area contributed by atoms with Crippen molar-refractivity contribution in [1.29, 1.82) is 0 Å². The maximum absolute atomic E-state index is 13.3. The Kier molecular flexibility index (Phi) is 4.82. The van der Waals surface area contributed by atoms with Gasteiger partial charge in [-0.3, -0.25) is 29.4 Å². The Morgan fingerprint density at radius 1 is 1.23 bits per heavy atom. The van der Waals surface area contributed by atoms with Crippen LogP contribution in [-0.4, -0.2) is 65.6 Å². The average Bonchev–Trinajstić information content (AvgIpc) is 3.27. The number of carbonyl (C=O) groups excluding carboxylic acids is 4. The third-order valence-electron chi connectivity index (χ3n) is 7.40. The van der Waals surface area contributed by atoms with E-state index in [-0.39, 0.29) is 30.1 Å².